The number of para-hydroxylation sites is 3. The Kier molecular flexibility index (Phi) is 32.1. The van der Waals surface area contributed by atoms with Gasteiger partial charge in [0.15, 0.2) is 17.4 Å². The van der Waals surface area contributed by atoms with E-state index in [4.69, 9.17) is 25.0 Å². The number of allylic oxidation sites excluding steroid dienone is 2. The molecule has 2 aliphatic carbocycles. The summed E-state index contributed by atoms with van der Waals surface area (Å²) in [5.74, 6) is 1.86. The molecule has 8 aromatic heterocycles. The molecule has 10 heterocycles. The van der Waals surface area contributed by atoms with Crippen molar-refractivity contribution in [1.29, 1.82) is 0 Å². The van der Waals surface area contributed by atoms with Crippen molar-refractivity contribution in [3.05, 3.63) is 511 Å². The average Bonchev–Trinajstić information content (AvgIpc) is 1.52. The van der Waals surface area contributed by atoms with Gasteiger partial charge in [0.25, 0.3) is 0 Å². The number of fused-ring (bicyclic) bond motifs is 8. The first-order chi connectivity index (χ1) is 70.6. The molecule has 0 spiro atoms. The van der Waals surface area contributed by atoms with E-state index in [9.17, 15) is 4.79 Å². The molecule has 0 bridgehead atoms. The number of benzene rings is 14. The fraction of sp³-hybridized carbons (Fsp3) is 0.106. The molecule has 22 aromatic rings. The Labute approximate surface area is 924 Å². The number of aliphatic hydroxyl groups excluding tert-OH is 1. The second kappa shape index (κ2) is 45.6. The van der Waals surface area contributed by atoms with E-state index in [0.717, 1.165) is 113 Å². The van der Waals surface area contributed by atoms with Crippen molar-refractivity contribution in [1.82, 2.24) is 49.4 Å². The van der Waals surface area contributed by atoms with Crippen LogP contribution in [0.3, 0.4) is 0 Å². The van der Waals surface area contributed by atoms with Crippen molar-refractivity contribution in [2.45, 2.75) is 91.9 Å². The summed E-state index contributed by atoms with van der Waals surface area (Å²) >= 11 is 0. The monoisotopic (exact) mass is 2640 g/mol. The molecule has 14 aromatic carbocycles. The maximum Gasteiger partial charge on any atom is 0.163 e. The fourth-order valence-electron chi connectivity index (χ4n) is 20.0. The van der Waals surface area contributed by atoms with Crippen molar-refractivity contribution >= 4 is 55.6 Å². The number of anilines is 3. The second-order valence-corrected chi connectivity index (χ2v) is 38.2. The van der Waals surface area contributed by atoms with E-state index >= 15 is 0 Å². The molecule has 0 fully saturated rings. The Morgan fingerprint density at radius 2 is 0.799 bits per heavy atom. The maximum absolute atomic E-state index is 10.0. The third-order valence-corrected chi connectivity index (χ3v) is 27.4. The minimum absolute atomic E-state index is 0. The Morgan fingerprint density at radius 1 is 0.349 bits per heavy atom. The summed E-state index contributed by atoms with van der Waals surface area (Å²) in [6.07, 6.45) is 11.4. The molecular formula is C132H101Ir4N11O2-6. The molecule has 0 saturated heterocycles. The van der Waals surface area contributed by atoms with Crippen molar-refractivity contribution < 1.29 is 90.3 Å². The molecule has 0 atom stereocenters. The van der Waals surface area contributed by atoms with Gasteiger partial charge in [0.05, 0.1) is 28.0 Å². The zero-order valence-corrected chi connectivity index (χ0v) is 93.2. The van der Waals surface area contributed by atoms with Crippen molar-refractivity contribution in [3.63, 3.8) is 0 Å². The number of ketones is 1. The van der Waals surface area contributed by atoms with Gasteiger partial charge in [-0.15, -0.1) is 191 Å². The smallest absolute Gasteiger partial charge is 0.163 e. The van der Waals surface area contributed by atoms with Gasteiger partial charge in [-0.1, -0.05) is 288 Å². The first-order valence-corrected chi connectivity index (χ1v) is 48.7. The molecule has 149 heavy (non-hydrogen) atoms. The molecule has 13 nitrogen and oxygen atoms in total. The van der Waals surface area contributed by atoms with Crippen LogP contribution in [0.5, 0.6) is 0 Å². The van der Waals surface area contributed by atoms with Gasteiger partial charge in [0, 0.05) is 161 Å². The number of carbonyl (C=O) groups excluding carboxylic acids is 1. The number of pyridine rings is 6. The number of aliphatic hydroxyl groups is 1. The number of aromatic nitrogens is 10. The predicted molar refractivity (Wildman–Crippen MR) is 587 cm³/mol. The molecule has 2 aliphatic heterocycles. The van der Waals surface area contributed by atoms with Crippen LogP contribution in [0, 0.1) is 50.2 Å². The summed E-state index contributed by atoms with van der Waals surface area (Å²) in [6, 6.07) is 150. The van der Waals surface area contributed by atoms with E-state index in [0.29, 0.717) is 17.5 Å². The fourth-order valence-corrected chi connectivity index (χ4v) is 20.0. The van der Waals surface area contributed by atoms with Gasteiger partial charge in [0.2, 0.25) is 0 Å². The quantitative estimate of drug-likeness (QED) is 0.0662. The molecule has 4 aliphatic rings. The number of carbonyl (C=O) groups is 1. The minimum Gasteiger partial charge on any atom is -0.512 e. The molecule has 4 radical (unpaired) electrons. The van der Waals surface area contributed by atoms with Gasteiger partial charge >= 0.3 is 0 Å². The van der Waals surface area contributed by atoms with Gasteiger partial charge in [-0.2, -0.15) is 0 Å². The van der Waals surface area contributed by atoms with Crippen LogP contribution >= 0.6 is 0 Å². The van der Waals surface area contributed by atoms with Gasteiger partial charge < -0.3 is 39.5 Å². The molecule has 0 amide bonds. The SMILES string of the molecule is CC(=O)C=C(C)O.CC1(C)c2cc(N(c3[c-]c(-c4ccccn4)ccc3)c3[c-]c(-c4ccccn4)ccc3)cc3c2-n2c4c1cccc4c1cccc(c12)C3(C)C.CC1(C)c2ccccc2-c2c[c-]c(-c3ccc4ccccc4n3)cc21.Cc1ccc(-c2nc(-c3c[c-]c(-c4ccccn4)cc3)nc(-c3ccc(C)cc3)n2)cc1.[Ir].[Ir].[Ir].[Ir].[c-]1ccccc1-c1cc2c(cn1)-c1ccccc1C2.[c-]1ccccc1-c1ccccn1. The van der Waals surface area contributed by atoms with Gasteiger partial charge in [-0.3, -0.25) is 9.78 Å². The molecule has 0 saturated carbocycles. The van der Waals surface area contributed by atoms with E-state index in [2.05, 4.69) is 332 Å². The summed E-state index contributed by atoms with van der Waals surface area (Å²) in [6.45, 7) is 21.1. The molecule has 738 valence electrons. The van der Waals surface area contributed by atoms with E-state index in [1.54, 1.807) is 12.4 Å². The Balaban J connectivity index is 0.000000132. The van der Waals surface area contributed by atoms with Crippen molar-refractivity contribution in [2.24, 2.45) is 0 Å². The standard InChI is InChI=1S/C46H34N4.C28H21N4.C24H18N.C18H12N.C11H8N.C5H8O2.4Ir/c1-45(2)36-19-11-17-34-35-18-12-20-37-43(35)50(42(34)36)44-38(45)27-33(28-39(44)46(37,3)4)49(31-15-9-13-29(25-31)40-21-5-7-23-47-40)32-16-10-14-30(26-32)41-22-6-8-24-48-41;1-19-6-10-22(11-7-19)26-30-27(23-12-8-20(2)9-13-23)32-28(31-26)24-16-14-21(15-17-24)25-5-3-4-18-29-25;1-24(2)20-9-5-4-8-18(20)19-13-11-17(15-21(19)24)23-14-12-16-7-3-6-10-22(16)25-23;1-2-6-13(7-3-1)18-11-15-10-14-8-4-5-9-16(14)17(15)12-19-18;1-2-6-10(7-3-1)11-8-4-5-9-12-11;1-4(6)3-5(2)7;;;;/h5-24,27-28H,1-4H3;3-14,16-18H,1-2H3;3-10,12-15H,1-2H3;1-6,8-9,11-12H,10H2;1-6,8-9H;3,6H,1-2H3;;;;/q-2;4*-1;;;;;. The molecule has 0 unspecified atom stereocenters. The van der Waals surface area contributed by atoms with Gasteiger partial charge in [-0.05, 0) is 177 Å². The van der Waals surface area contributed by atoms with E-state index in [1.807, 2.05) is 188 Å². The Morgan fingerprint density at radius 3 is 1.30 bits per heavy atom. The number of aryl methyl sites for hydroxylation is 2. The topological polar surface area (TPSA) is 161 Å². The first kappa shape index (κ1) is 105. The van der Waals surface area contributed by atoms with Crippen LogP contribution in [0.25, 0.3) is 162 Å². The first-order valence-electron chi connectivity index (χ1n) is 48.7. The van der Waals surface area contributed by atoms with Crippen LogP contribution in [0.4, 0.5) is 17.1 Å². The van der Waals surface area contributed by atoms with Crippen LogP contribution in [0.2, 0.25) is 0 Å². The zero-order valence-electron chi connectivity index (χ0n) is 83.6. The second-order valence-electron chi connectivity index (χ2n) is 38.2. The summed E-state index contributed by atoms with van der Waals surface area (Å²) in [4.78, 5) is 54.1. The number of hydrogen-bond donors (Lipinski definition) is 1. The average molecular weight is 2640 g/mol. The zero-order chi connectivity index (χ0) is 99.5. The van der Waals surface area contributed by atoms with Gasteiger partial charge in [0.1, 0.15) is 5.82 Å². The Hall–Kier alpha value is -15.3. The van der Waals surface area contributed by atoms with E-state index in [1.165, 1.54) is 131 Å². The molecule has 26 rings (SSSR count). The largest absolute Gasteiger partial charge is 0.512 e. The summed E-state index contributed by atoms with van der Waals surface area (Å²) in [5, 5.41) is 12.2. The van der Waals surface area contributed by atoms with Crippen LogP contribution in [0.1, 0.15) is 111 Å². The number of nitrogens with zero attached hydrogens (tertiary/aromatic N) is 11. The Bertz CT molecular complexity index is 8330. The van der Waals surface area contributed by atoms with E-state index < -0.39 is 0 Å². The number of rotatable bonds is 13. The summed E-state index contributed by atoms with van der Waals surface area (Å²) in [5.41, 5.74) is 40.3. The third kappa shape index (κ3) is 21.8. The van der Waals surface area contributed by atoms with Gasteiger partial charge in [-0.25, -0.2) is 15.0 Å². The normalized spacial score (nSPS) is 12.5. The van der Waals surface area contributed by atoms with Crippen molar-refractivity contribution in [2.75, 3.05) is 4.90 Å². The van der Waals surface area contributed by atoms with E-state index in [-0.39, 0.29) is 108 Å². The summed E-state index contributed by atoms with van der Waals surface area (Å²) < 4.78 is 2.58. The van der Waals surface area contributed by atoms with Crippen LogP contribution in [0.15, 0.2) is 419 Å². The van der Waals surface area contributed by atoms with Crippen LogP contribution in [-0.2, 0) is 108 Å². The third-order valence-electron chi connectivity index (χ3n) is 27.4. The molecule has 1 N–H and O–H groups in total. The van der Waals surface area contributed by atoms with Crippen LogP contribution < -0.4 is 4.90 Å². The minimum atomic E-state index is -0.248. The van der Waals surface area contributed by atoms with Crippen molar-refractivity contribution in [3.8, 4) is 130 Å². The van der Waals surface area contributed by atoms with Crippen LogP contribution in [-0.4, -0.2) is 60.3 Å². The maximum atomic E-state index is 10.0. The predicted octanol–water partition coefficient (Wildman–Crippen LogP) is 31.3. The number of hydrogen-bond acceptors (Lipinski definition) is 12. The molecule has 17 heteroatoms. The molecular weight excluding hydrogens is 2540 g/mol. The summed E-state index contributed by atoms with van der Waals surface area (Å²) in [7, 11) is 0.